The van der Waals surface area contributed by atoms with E-state index in [4.69, 9.17) is 5.26 Å². The van der Waals surface area contributed by atoms with Gasteiger partial charge in [0.1, 0.15) is 0 Å². The van der Waals surface area contributed by atoms with Gasteiger partial charge in [-0.3, -0.25) is 9.52 Å². The summed E-state index contributed by atoms with van der Waals surface area (Å²) in [6, 6.07) is 8.03. The van der Waals surface area contributed by atoms with E-state index >= 15 is 0 Å². The molecule has 0 saturated heterocycles. The monoisotopic (exact) mass is 308 g/mol. The minimum Gasteiger partial charge on any atom is -0.481 e. The molecule has 2 rings (SSSR count). The Kier molecular flexibility index (Phi) is 3.92. The number of hydrogen-bond donors (Lipinski definition) is 2. The van der Waals surface area contributed by atoms with Crippen molar-refractivity contribution in [1.29, 1.82) is 5.26 Å². The van der Waals surface area contributed by atoms with E-state index in [1.165, 1.54) is 12.1 Å². The summed E-state index contributed by atoms with van der Waals surface area (Å²) in [5, 5.41) is 16.9. The zero-order valence-electron chi connectivity index (χ0n) is 11.5. The zero-order valence-corrected chi connectivity index (χ0v) is 12.4. The fraction of sp³-hybridized carbons (Fsp3) is 0.429. The third kappa shape index (κ3) is 2.85. The second-order valence-corrected chi connectivity index (χ2v) is 7.00. The Morgan fingerprint density at radius 2 is 2.00 bits per heavy atom. The van der Waals surface area contributed by atoms with Gasteiger partial charge in [0, 0.05) is 5.69 Å². The van der Waals surface area contributed by atoms with Gasteiger partial charge < -0.3 is 5.11 Å². The lowest BCUT2D eigenvalue weighted by atomic mass is 9.96. The fourth-order valence-corrected chi connectivity index (χ4v) is 3.41. The number of nitriles is 1. The normalized spacial score (nSPS) is 17.5. The lowest BCUT2D eigenvalue weighted by Crippen LogP contribution is -2.26. The van der Waals surface area contributed by atoms with Gasteiger partial charge in [0.05, 0.1) is 11.5 Å². The topological polar surface area (TPSA) is 107 Å². The lowest BCUT2D eigenvalue weighted by Gasteiger charge is -2.13. The number of aliphatic carboxylic acids is 1. The number of anilines is 1. The van der Waals surface area contributed by atoms with E-state index in [1.54, 1.807) is 25.1 Å². The van der Waals surface area contributed by atoms with E-state index in [1.807, 2.05) is 0 Å². The van der Waals surface area contributed by atoms with E-state index in [0.29, 0.717) is 24.1 Å². The Hall–Kier alpha value is -2.07. The quantitative estimate of drug-likeness (QED) is 0.834. The summed E-state index contributed by atoms with van der Waals surface area (Å²) in [6.45, 7) is 1.62. The Bertz CT molecular complexity index is 685. The molecule has 0 aliphatic heterocycles. The van der Waals surface area contributed by atoms with Crippen LogP contribution in [0.1, 0.15) is 31.7 Å². The molecule has 21 heavy (non-hydrogen) atoms. The third-order valence-corrected chi connectivity index (χ3v) is 5.45. The molecule has 0 spiro atoms. The number of nitrogens with zero attached hydrogens (tertiary/aromatic N) is 1. The average molecular weight is 308 g/mol. The van der Waals surface area contributed by atoms with Crippen molar-refractivity contribution in [2.24, 2.45) is 0 Å². The van der Waals surface area contributed by atoms with Crippen LogP contribution in [0.25, 0.3) is 0 Å². The third-order valence-electron chi connectivity index (χ3n) is 3.75. The number of nitrogens with one attached hydrogen (secondary N) is 1. The molecular formula is C14H16N2O4S. The van der Waals surface area contributed by atoms with Gasteiger partial charge in [0.15, 0.2) is 5.25 Å². The first-order valence-corrected chi connectivity index (χ1v) is 8.15. The first kappa shape index (κ1) is 15.3. The lowest BCUT2D eigenvalue weighted by molar-refractivity contribution is -0.140. The van der Waals surface area contributed by atoms with Crippen LogP contribution in [0, 0.1) is 11.3 Å². The van der Waals surface area contributed by atoms with Gasteiger partial charge >= 0.3 is 5.97 Å². The Morgan fingerprint density at radius 1 is 1.43 bits per heavy atom. The molecule has 0 bridgehead atoms. The van der Waals surface area contributed by atoms with Gasteiger partial charge in [-0.15, -0.1) is 0 Å². The van der Waals surface area contributed by atoms with Crippen LogP contribution in [0.15, 0.2) is 24.3 Å². The van der Waals surface area contributed by atoms with E-state index in [2.05, 4.69) is 4.72 Å². The highest BCUT2D eigenvalue weighted by Gasteiger charge is 2.51. The molecule has 1 saturated carbocycles. The van der Waals surface area contributed by atoms with E-state index in [-0.39, 0.29) is 6.42 Å². The number of sulfonamides is 1. The second-order valence-electron chi connectivity index (χ2n) is 5.14. The number of carboxylic acid groups (broad SMARTS) is 1. The van der Waals surface area contributed by atoms with Crippen LogP contribution >= 0.6 is 0 Å². The number of hydrogen-bond acceptors (Lipinski definition) is 4. The largest absolute Gasteiger partial charge is 0.481 e. The minimum atomic E-state index is -3.75. The van der Waals surface area contributed by atoms with E-state index in [9.17, 15) is 18.3 Å². The van der Waals surface area contributed by atoms with Crippen molar-refractivity contribution in [1.82, 2.24) is 0 Å². The molecule has 7 heteroatoms. The SMILES string of the molecule is CCC(C#N)S(=O)(=O)Nc1ccc(C2(C(=O)O)CC2)cc1. The molecule has 0 aromatic heterocycles. The molecule has 0 amide bonds. The summed E-state index contributed by atoms with van der Waals surface area (Å²) in [5.41, 5.74) is 0.189. The Balaban J connectivity index is 2.18. The summed E-state index contributed by atoms with van der Waals surface area (Å²) < 4.78 is 26.2. The summed E-state index contributed by atoms with van der Waals surface area (Å²) in [7, 11) is -3.75. The molecule has 112 valence electrons. The molecule has 1 atom stereocenters. The van der Waals surface area contributed by atoms with Crippen LogP contribution in [0.3, 0.4) is 0 Å². The molecule has 0 radical (unpaired) electrons. The summed E-state index contributed by atoms with van der Waals surface area (Å²) >= 11 is 0. The second kappa shape index (κ2) is 5.37. The maximum atomic E-state index is 11.9. The smallest absolute Gasteiger partial charge is 0.314 e. The Labute approximate surface area is 123 Å². The van der Waals surface area contributed by atoms with Crippen LogP contribution < -0.4 is 4.72 Å². The van der Waals surface area contributed by atoms with Crippen LogP contribution in [0.5, 0.6) is 0 Å². The minimum absolute atomic E-state index is 0.200. The van der Waals surface area contributed by atoms with Crippen LogP contribution in [0.2, 0.25) is 0 Å². The molecule has 1 fully saturated rings. The van der Waals surface area contributed by atoms with Gasteiger partial charge in [0.25, 0.3) is 0 Å². The van der Waals surface area contributed by atoms with Gasteiger partial charge in [-0.2, -0.15) is 5.26 Å². The van der Waals surface area contributed by atoms with Crippen molar-refractivity contribution in [3.05, 3.63) is 29.8 Å². The first-order valence-electron chi connectivity index (χ1n) is 6.61. The predicted octanol–water partition coefficient (Wildman–Crippen LogP) is 1.85. The molecule has 6 nitrogen and oxygen atoms in total. The van der Waals surface area contributed by atoms with Crippen molar-refractivity contribution >= 4 is 21.7 Å². The molecule has 2 N–H and O–H groups in total. The molecule has 1 aromatic carbocycles. The number of rotatable bonds is 6. The molecule has 1 aromatic rings. The molecular weight excluding hydrogens is 292 g/mol. The fourth-order valence-electron chi connectivity index (χ4n) is 2.22. The number of carboxylic acids is 1. The maximum Gasteiger partial charge on any atom is 0.314 e. The predicted molar refractivity (Wildman–Crippen MR) is 77.2 cm³/mol. The highest BCUT2D eigenvalue weighted by molar-refractivity contribution is 7.93. The van der Waals surface area contributed by atoms with Crippen molar-refractivity contribution in [3.63, 3.8) is 0 Å². The maximum absolute atomic E-state index is 11.9. The zero-order chi connectivity index (χ0) is 15.7. The number of carbonyl (C=O) groups is 1. The summed E-state index contributed by atoms with van der Waals surface area (Å²) in [4.78, 5) is 11.2. The van der Waals surface area contributed by atoms with Gasteiger partial charge in [-0.25, -0.2) is 8.42 Å². The van der Waals surface area contributed by atoms with Crippen molar-refractivity contribution in [3.8, 4) is 6.07 Å². The van der Waals surface area contributed by atoms with E-state index < -0.39 is 26.7 Å². The highest BCUT2D eigenvalue weighted by Crippen LogP contribution is 2.48. The van der Waals surface area contributed by atoms with Gasteiger partial charge in [-0.1, -0.05) is 19.1 Å². The first-order chi connectivity index (χ1) is 9.85. The van der Waals surface area contributed by atoms with Crippen molar-refractivity contribution < 1.29 is 18.3 Å². The van der Waals surface area contributed by atoms with Crippen molar-refractivity contribution in [2.45, 2.75) is 36.9 Å². The van der Waals surface area contributed by atoms with Gasteiger partial charge in [0.2, 0.25) is 10.0 Å². The molecule has 0 heterocycles. The average Bonchev–Trinajstić information content (AvgIpc) is 3.21. The molecule has 1 aliphatic carbocycles. The highest BCUT2D eigenvalue weighted by atomic mass is 32.2. The van der Waals surface area contributed by atoms with Crippen LogP contribution in [-0.4, -0.2) is 24.7 Å². The number of benzene rings is 1. The molecule has 1 unspecified atom stereocenters. The molecule has 1 aliphatic rings. The summed E-state index contributed by atoms with van der Waals surface area (Å²) in [5.74, 6) is -0.855. The van der Waals surface area contributed by atoms with E-state index in [0.717, 1.165) is 0 Å². The van der Waals surface area contributed by atoms with Crippen LogP contribution in [0.4, 0.5) is 5.69 Å². The van der Waals surface area contributed by atoms with Crippen molar-refractivity contribution in [2.75, 3.05) is 4.72 Å². The standard InChI is InChI=1S/C14H16N2O4S/c1-2-12(9-15)21(19,20)16-11-5-3-10(4-6-11)14(7-8-14)13(17)18/h3-6,12,16H,2,7-8H2,1H3,(H,17,18). The Morgan fingerprint density at radius 3 is 2.38 bits per heavy atom. The van der Waals surface area contributed by atoms with Crippen LogP contribution in [-0.2, 0) is 20.2 Å². The summed E-state index contributed by atoms with van der Waals surface area (Å²) in [6.07, 6.45) is 1.39. The van der Waals surface area contributed by atoms with Gasteiger partial charge in [-0.05, 0) is 37.0 Å².